The molecule has 2 heterocycles. The maximum Gasteiger partial charge on any atom is 0.323 e. The van der Waals surface area contributed by atoms with Gasteiger partial charge in [0.25, 0.3) is 0 Å². The zero-order valence-corrected chi connectivity index (χ0v) is 5.80. The Labute approximate surface area is 59.7 Å². The number of carbonyl (C=O) groups excluding carboxylic acids is 1. The van der Waals surface area contributed by atoms with Crippen LogP contribution in [0.15, 0.2) is 0 Å². The predicted molar refractivity (Wildman–Crippen MR) is 35.5 cm³/mol. The molecule has 0 saturated carbocycles. The van der Waals surface area contributed by atoms with Crippen LogP contribution in [0.3, 0.4) is 0 Å². The minimum absolute atomic E-state index is 0.0220. The molecule has 3 nitrogen and oxygen atoms in total. The lowest BCUT2D eigenvalue weighted by molar-refractivity contribution is -0.151. The zero-order valence-electron chi connectivity index (χ0n) is 5.80. The van der Waals surface area contributed by atoms with Gasteiger partial charge in [-0.25, -0.2) is 0 Å². The largest absolute Gasteiger partial charge is 0.465 e. The first kappa shape index (κ1) is 6.16. The van der Waals surface area contributed by atoms with Crippen molar-refractivity contribution >= 4 is 5.97 Å². The molecule has 0 aromatic heterocycles. The van der Waals surface area contributed by atoms with Gasteiger partial charge < -0.3 is 10.1 Å². The Morgan fingerprint density at radius 2 is 2.40 bits per heavy atom. The van der Waals surface area contributed by atoms with Crippen LogP contribution in [-0.4, -0.2) is 25.2 Å². The smallest absolute Gasteiger partial charge is 0.323 e. The molecule has 0 aromatic rings. The van der Waals surface area contributed by atoms with Crippen molar-refractivity contribution in [1.82, 2.24) is 5.32 Å². The lowest BCUT2D eigenvalue weighted by Gasteiger charge is -2.23. The highest BCUT2D eigenvalue weighted by atomic mass is 16.5. The van der Waals surface area contributed by atoms with Crippen LogP contribution in [0.2, 0.25) is 0 Å². The van der Waals surface area contributed by atoms with E-state index in [2.05, 4.69) is 5.32 Å². The van der Waals surface area contributed by atoms with Crippen LogP contribution in [0.4, 0.5) is 0 Å². The van der Waals surface area contributed by atoms with Crippen molar-refractivity contribution in [2.75, 3.05) is 13.2 Å². The van der Waals surface area contributed by atoms with Gasteiger partial charge in [-0.2, -0.15) is 0 Å². The predicted octanol–water partition coefficient (Wildman–Crippen LogP) is -0.0886. The molecule has 1 N–H and O–H groups in total. The molecule has 2 atom stereocenters. The third-order valence-electron chi connectivity index (χ3n) is 2.34. The van der Waals surface area contributed by atoms with E-state index in [1.165, 1.54) is 0 Å². The monoisotopic (exact) mass is 141 g/mol. The van der Waals surface area contributed by atoms with Gasteiger partial charge in [-0.05, 0) is 25.3 Å². The topological polar surface area (TPSA) is 38.3 Å². The molecule has 0 spiro atoms. The summed E-state index contributed by atoms with van der Waals surface area (Å²) in [5, 5.41) is 3.13. The Balaban J connectivity index is 2.10. The van der Waals surface area contributed by atoms with E-state index < -0.39 is 0 Å². The van der Waals surface area contributed by atoms with Crippen LogP contribution in [0.25, 0.3) is 0 Å². The summed E-state index contributed by atoms with van der Waals surface area (Å²) in [5.41, 5.74) is 0. The molecule has 2 fully saturated rings. The number of cyclic esters (lactones) is 1. The molecule has 0 aromatic carbocycles. The van der Waals surface area contributed by atoms with Crippen molar-refractivity contribution in [3.8, 4) is 0 Å². The fraction of sp³-hybridized carbons (Fsp3) is 0.857. The van der Waals surface area contributed by atoms with E-state index in [1.54, 1.807) is 0 Å². The van der Waals surface area contributed by atoms with Crippen molar-refractivity contribution in [2.24, 2.45) is 5.92 Å². The molecule has 2 saturated heterocycles. The summed E-state index contributed by atoms with van der Waals surface area (Å²) in [4.78, 5) is 11.0. The lowest BCUT2D eigenvalue weighted by Crippen LogP contribution is -2.41. The number of hydrogen-bond acceptors (Lipinski definition) is 3. The number of fused-ring (bicyclic) bond motifs is 1. The number of esters is 1. The van der Waals surface area contributed by atoms with E-state index in [0.29, 0.717) is 12.5 Å². The zero-order chi connectivity index (χ0) is 6.97. The molecule has 0 bridgehead atoms. The number of rotatable bonds is 0. The Morgan fingerprint density at radius 3 is 3.20 bits per heavy atom. The second-order valence-corrected chi connectivity index (χ2v) is 2.94. The summed E-state index contributed by atoms with van der Waals surface area (Å²) in [5.74, 6) is 0.509. The highest BCUT2D eigenvalue weighted by Gasteiger charge is 2.36. The Hall–Kier alpha value is -0.570. The van der Waals surface area contributed by atoms with Gasteiger partial charge in [0, 0.05) is 0 Å². The Bertz CT molecular complexity index is 158. The van der Waals surface area contributed by atoms with Crippen molar-refractivity contribution in [3.63, 3.8) is 0 Å². The maximum atomic E-state index is 11.0. The van der Waals surface area contributed by atoms with Gasteiger partial charge in [-0.15, -0.1) is 0 Å². The number of carbonyl (C=O) groups is 1. The van der Waals surface area contributed by atoms with Crippen LogP contribution in [-0.2, 0) is 9.53 Å². The minimum atomic E-state index is -0.0475. The summed E-state index contributed by atoms with van der Waals surface area (Å²) in [7, 11) is 0. The SMILES string of the molecule is O=C1OCC[C@H]2CCN[C@H]12. The summed E-state index contributed by atoms with van der Waals surface area (Å²) in [6.45, 7) is 1.60. The third kappa shape index (κ3) is 0.814. The molecule has 56 valence electrons. The summed E-state index contributed by atoms with van der Waals surface area (Å²) < 4.78 is 4.89. The van der Waals surface area contributed by atoms with Gasteiger partial charge in [0.1, 0.15) is 6.04 Å². The Kier molecular flexibility index (Phi) is 1.38. The van der Waals surface area contributed by atoms with Crippen molar-refractivity contribution in [1.29, 1.82) is 0 Å². The second kappa shape index (κ2) is 2.23. The summed E-state index contributed by atoms with van der Waals surface area (Å²) >= 11 is 0. The van der Waals surface area contributed by atoms with Crippen molar-refractivity contribution in [2.45, 2.75) is 18.9 Å². The van der Waals surface area contributed by atoms with Gasteiger partial charge >= 0.3 is 5.97 Å². The summed E-state index contributed by atoms with van der Waals surface area (Å²) in [6.07, 6.45) is 2.18. The first-order chi connectivity index (χ1) is 4.88. The quantitative estimate of drug-likeness (QED) is 0.479. The van der Waals surface area contributed by atoms with Crippen molar-refractivity contribution in [3.05, 3.63) is 0 Å². The Morgan fingerprint density at radius 1 is 1.50 bits per heavy atom. The molecule has 0 unspecified atom stereocenters. The van der Waals surface area contributed by atoms with Gasteiger partial charge in [0.2, 0.25) is 0 Å². The van der Waals surface area contributed by atoms with Crippen LogP contribution in [0.5, 0.6) is 0 Å². The lowest BCUT2D eigenvalue weighted by atomic mass is 9.96. The van der Waals surface area contributed by atoms with E-state index >= 15 is 0 Å². The van der Waals surface area contributed by atoms with Gasteiger partial charge in [-0.3, -0.25) is 4.79 Å². The molecule has 2 rings (SSSR count). The molecule has 0 radical (unpaired) electrons. The average molecular weight is 141 g/mol. The highest BCUT2D eigenvalue weighted by molar-refractivity contribution is 5.77. The average Bonchev–Trinajstić information content (AvgIpc) is 2.36. The van der Waals surface area contributed by atoms with E-state index in [4.69, 9.17) is 4.74 Å². The normalized spacial score (nSPS) is 39.0. The molecular weight excluding hydrogens is 130 g/mol. The molecular formula is C7H11NO2. The van der Waals surface area contributed by atoms with Crippen LogP contribution in [0.1, 0.15) is 12.8 Å². The first-order valence-electron chi connectivity index (χ1n) is 3.78. The standard InChI is InChI=1S/C7H11NO2/c9-7-6-5(1-3-8-6)2-4-10-7/h5-6,8H,1-4H2/t5-,6+/m1/s1. The molecule has 3 heteroatoms. The van der Waals surface area contributed by atoms with E-state index in [0.717, 1.165) is 19.4 Å². The van der Waals surface area contributed by atoms with Gasteiger partial charge in [0.15, 0.2) is 0 Å². The minimum Gasteiger partial charge on any atom is -0.465 e. The van der Waals surface area contributed by atoms with Crippen LogP contribution < -0.4 is 5.32 Å². The van der Waals surface area contributed by atoms with Crippen LogP contribution >= 0.6 is 0 Å². The summed E-state index contributed by atoms with van der Waals surface area (Å²) in [6, 6.07) is 0.0220. The highest BCUT2D eigenvalue weighted by Crippen LogP contribution is 2.23. The van der Waals surface area contributed by atoms with E-state index in [1.807, 2.05) is 0 Å². The van der Waals surface area contributed by atoms with Crippen molar-refractivity contribution < 1.29 is 9.53 Å². The first-order valence-corrected chi connectivity index (χ1v) is 3.78. The molecule has 2 aliphatic heterocycles. The molecule has 0 amide bonds. The molecule has 2 aliphatic rings. The fourth-order valence-electron chi connectivity index (χ4n) is 1.75. The number of hydrogen-bond donors (Lipinski definition) is 1. The van der Waals surface area contributed by atoms with E-state index in [9.17, 15) is 4.79 Å². The maximum absolute atomic E-state index is 11.0. The molecule has 0 aliphatic carbocycles. The van der Waals surface area contributed by atoms with E-state index in [-0.39, 0.29) is 12.0 Å². The second-order valence-electron chi connectivity index (χ2n) is 2.94. The van der Waals surface area contributed by atoms with Gasteiger partial charge in [-0.1, -0.05) is 0 Å². The van der Waals surface area contributed by atoms with Crippen LogP contribution in [0, 0.1) is 5.92 Å². The molecule has 10 heavy (non-hydrogen) atoms. The van der Waals surface area contributed by atoms with Gasteiger partial charge in [0.05, 0.1) is 6.61 Å². The third-order valence-corrected chi connectivity index (χ3v) is 2.34. The number of nitrogens with one attached hydrogen (secondary N) is 1. The fourth-order valence-corrected chi connectivity index (χ4v) is 1.75. The number of ether oxygens (including phenoxy) is 1.